The van der Waals surface area contributed by atoms with Crippen LogP contribution in [0, 0.1) is 149 Å². The van der Waals surface area contributed by atoms with Gasteiger partial charge in [0.2, 0.25) is 0 Å². The molecule has 7 aliphatic rings. The number of hydrogen-bond donors (Lipinski definition) is 0. The van der Waals surface area contributed by atoms with E-state index in [0.717, 1.165) is 127 Å². The Labute approximate surface area is 949 Å². The number of unbranched alkanes of at least 4 members (excludes halogenated alkanes) is 42. The van der Waals surface area contributed by atoms with Crippen molar-refractivity contribution >= 4 is 79.4 Å². The molecule has 0 saturated carbocycles. The van der Waals surface area contributed by atoms with Crippen LogP contribution in [0.5, 0.6) is 80.5 Å². The first kappa shape index (κ1) is 122. The molecule has 14 nitrogen and oxygen atoms in total. The Kier molecular flexibility index (Phi) is 68.6. The van der Waals surface area contributed by atoms with E-state index >= 15 is 0 Å². The van der Waals surface area contributed by atoms with E-state index in [4.69, 9.17) is 72.7 Å². The van der Waals surface area contributed by atoms with Gasteiger partial charge in [-0.2, -0.15) is 0 Å². The summed E-state index contributed by atoms with van der Waals surface area (Å²) in [6, 6.07) is 0. The van der Waals surface area contributed by atoms with Gasteiger partial charge in [-0.1, -0.05) is 318 Å². The van der Waals surface area contributed by atoms with Crippen molar-refractivity contribution in [1.82, 2.24) is 0 Å². The zero-order chi connectivity index (χ0) is 103. The highest BCUT2D eigenvalue weighted by Gasteiger charge is 2.29. The third kappa shape index (κ3) is 56.3. The molecule has 7 aromatic rings. The molecule has 21 heteroatoms. The van der Waals surface area contributed by atoms with Crippen molar-refractivity contribution < 1.29 is 101 Å². The van der Waals surface area contributed by atoms with E-state index in [2.05, 4.69) is 183 Å². The molecule has 147 heavy (non-hydrogen) atoms. The van der Waals surface area contributed by atoms with Crippen molar-refractivity contribution in [2.45, 2.75) is 425 Å². The van der Waals surface area contributed by atoms with Crippen LogP contribution in [-0.2, 0) is 0 Å². The maximum absolute atomic E-state index is 6.03. The minimum Gasteiger partial charge on any atom is -0.485 e. The van der Waals surface area contributed by atoms with Gasteiger partial charge in [-0.05, 0) is 171 Å². The molecule has 0 N–H and O–H groups in total. The number of thiophene rings is 7. The van der Waals surface area contributed by atoms with Gasteiger partial charge in [0.25, 0.3) is 0 Å². The molecule has 14 rings (SSSR count). The molecule has 7 aliphatic heterocycles. The minimum absolute atomic E-state index is 0. The van der Waals surface area contributed by atoms with Crippen molar-refractivity contribution in [2.24, 2.45) is 5.92 Å². The molecule has 0 saturated heterocycles. The first-order valence-electron chi connectivity index (χ1n) is 55.1. The van der Waals surface area contributed by atoms with Crippen molar-refractivity contribution in [3.05, 3.63) is 75.3 Å². The Morgan fingerprint density at radius 3 is 0.714 bits per heavy atom. The second-order valence-corrected chi connectivity index (χ2v) is 42.9. The van der Waals surface area contributed by atoms with Crippen LogP contribution in [0.15, 0.2) is 75.3 Å². The topological polar surface area (TPSA) is 129 Å². The van der Waals surface area contributed by atoms with Crippen molar-refractivity contribution in [1.29, 1.82) is 0 Å². The number of rotatable bonds is 53. The fourth-order valence-corrected chi connectivity index (χ4v) is 21.4. The Morgan fingerprint density at radius 1 is 0.231 bits per heavy atom. The highest BCUT2D eigenvalue weighted by Crippen LogP contribution is 2.43. The van der Waals surface area contributed by atoms with Gasteiger partial charge in [-0.15, -0.1) is 85.8 Å². The molecule has 0 aliphatic carbocycles. The lowest BCUT2D eigenvalue weighted by Crippen LogP contribution is -2.34. The van der Waals surface area contributed by atoms with Crippen LogP contribution < -0.4 is 66.3 Å². The van der Waals surface area contributed by atoms with Crippen LogP contribution in [0.2, 0.25) is 0 Å². The SMILES string of the molecule is C#CC#CC#CC#CC#CC#CC#CC#CC#CC#CC#CC#CC1COc2cscc2O1.CC1COc2cscc2O1.CCCCCCC1COc2cscc2O1.CCCCCCCCCC(C)C1COc2cscc2O1.CCCCCCCCCCC1COc2cscc2O1.CCCCCCCCCCCCCCC1COc2cscc2O1.CCCCCCCCCCCCCCCCCCC1COc2cscc2O1.[HH].[HH].[HH].[HH].[HH].[HH].[HH].[HH].[HH].[HH].[HH].[HH].[HH].[HH].[HH].[HH].[HH].[HH].[HH].[HH].[HH].[HH].[HH].[HH]. The summed E-state index contributed by atoms with van der Waals surface area (Å²) < 4.78 is 80.2. The number of fused-ring (bicyclic) bond motifs is 7. The van der Waals surface area contributed by atoms with Gasteiger partial charge in [0.1, 0.15) is 82.9 Å². The highest BCUT2D eigenvalue weighted by atomic mass is 32.1. The molecule has 8 atom stereocenters. The van der Waals surface area contributed by atoms with E-state index in [9.17, 15) is 0 Å². The summed E-state index contributed by atoms with van der Waals surface area (Å²) in [5.41, 5.74) is 0. The van der Waals surface area contributed by atoms with E-state index in [1.54, 1.807) is 68.0 Å². The molecule has 7 aromatic heterocycles. The van der Waals surface area contributed by atoms with E-state index in [1.807, 2.05) is 76.9 Å². The minimum atomic E-state index is -0.346. The molecule has 0 bridgehead atoms. The summed E-state index contributed by atoms with van der Waals surface area (Å²) in [6.45, 7) is 20.3. The van der Waals surface area contributed by atoms with Crippen molar-refractivity contribution in [3.8, 4) is 223 Å². The molecule has 0 amide bonds. The molecule has 0 spiro atoms. The standard InChI is InChI=1S/C30H6O2S.C24H42O2S.C20H34O2S.C17H28O2S.C16H26O2S.C12H18O2S.C7H8O2S.24H2/c1-2-3-4-5-6-7-8-9-10-11-12-13-14-15-16-17-18-19-20-21-22-23-24-28-25-31-29-26-33-27-30(29)32-28;1-2-3-4-5-6-7-8-9-10-11-12-13-14-15-16-17-18-22-19-25-23-20-27-21-24(23)26-22;1-2-3-4-5-6-7-8-9-10-11-12-13-14-18-15-21-19-16-23-17-20(19)22-18;1-3-4-5-6-7-8-9-10-14(2)15-11-18-16-12-20-13-17(16)19-15;1-2-3-4-5-6-7-8-9-10-14-11-17-15-12-19-13-16(15)18-14;1-2-3-4-5-6-10-7-13-11-8-15-9-12(11)14-10;1-5-2-8-6-3-10-4-7(6)9-5;;;;;;;;;;;;;;;;;;;;;;;;/h1,26-28H,25H2;20-22H,2-19H2,1H3;16-18H,2-15H2,1H3;12-15H,3-11H2,1-2H3;12-14H,2-11H2,1H3;8-10H,2-7H2,1H3;3-5H,2H2,1H3;24*1H. The van der Waals surface area contributed by atoms with Crippen LogP contribution >= 0.6 is 79.4 Å². The lowest BCUT2D eigenvalue weighted by atomic mass is 9.96. The predicted octanol–water partition coefficient (Wildman–Crippen LogP) is 39.8. The summed E-state index contributed by atoms with van der Waals surface area (Å²) >= 11 is 11.4. The Morgan fingerprint density at radius 2 is 0.435 bits per heavy atom. The molecule has 14 heterocycles. The second kappa shape index (κ2) is 82.7. The molecule has 8 unspecified atom stereocenters. The summed E-state index contributed by atoms with van der Waals surface area (Å²) in [5, 5.41) is 28.0. The summed E-state index contributed by atoms with van der Waals surface area (Å²) in [4.78, 5) is 0. The molecular formula is C126H210O14S7. The third-order valence-electron chi connectivity index (χ3n) is 25.1. The van der Waals surface area contributed by atoms with Crippen LogP contribution in [-0.4, -0.2) is 89.0 Å². The van der Waals surface area contributed by atoms with Gasteiger partial charge < -0.3 is 66.3 Å². The van der Waals surface area contributed by atoms with Gasteiger partial charge >= 0.3 is 0 Å². The smallest absolute Gasteiger partial charge is 0.194 e. The predicted molar refractivity (Wildman–Crippen MR) is 668 cm³/mol. The monoisotopic (exact) mass is 2170 g/mol. The Hall–Kier alpha value is -10.2. The van der Waals surface area contributed by atoms with Crippen molar-refractivity contribution in [2.75, 3.05) is 46.2 Å². The van der Waals surface area contributed by atoms with Gasteiger partial charge in [-0.25, -0.2) is 0 Å². The molecule has 0 radical (unpaired) electrons. The Balaban J connectivity index is -0.000000107. The quantitative estimate of drug-likeness (QED) is 0.0265. The van der Waals surface area contributed by atoms with Gasteiger partial charge in [0.15, 0.2) is 86.6 Å². The van der Waals surface area contributed by atoms with Crippen LogP contribution in [0.1, 0.15) is 417 Å². The fourth-order valence-electron chi connectivity index (χ4n) is 16.7. The maximum Gasteiger partial charge on any atom is 0.194 e. The molecule has 840 valence electrons. The average Bonchev–Trinajstić information content (AvgIpc) is 1.68. The largest absolute Gasteiger partial charge is 0.485 e. The van der Waals surface area contributed by atoms with Crippen molar-refractivity contribution in [3.63, 3.8) is 0 Å². The number of ether oxygens (including phenoxy) is 14. The first-order chi connectivity index (χ1) is 72.7. The fraction of sp³-hybridized carbons (Fsp3) is 0.587. The number of hydrogen-bond acceptors (Lipinski definition) is 21. The number of terminal acetylenes is 1. The van der Waals surface area contributed by atoms with Gasteiger partial charge in [0.05, 0.1) is 0 Å². The Bertz CT molecular complexity index is 5580. The van der Waals surface area contributed by atoms with Crippen LogP contribution in [0.25, 0.3) is 0 Å². The van der Waals surface area contributed by atoms with E-state index in [0.29, 0.717) is 31.5 Å². The normalized spacial score (nSPS) is 16.1. The highest BCUT2D eigenvalue weighted by molar-refractivity contribution is 7.10. The summed E-state index contributed by atoms with van der Waals surface area (Å²) in [5.74, 6) is 70.9. The summed E-state index contributed by atoms with van der Waals surface area (Å²) in [7, 11) is 0. The van der Waals surface area contributed by atoms with Gasteiger partial charge in [-0.3, -0.25) is 0 Å². The maximum atomic E-state index is 6.03. The van der Waals surface area contributed by atoms with E-state index < -0.39 is 0 Å². The van der Waals surface area contributed by atoms with Crippen LogP contribution in [0.4, 0.5) is 0 Å². The zero-order valence-corrected chi connectivity index (χ0v) is 94.8. The average molecular weight is 2170 g/mol. The molecular weight excluding hydrogens is 1960 g/mol. The summed E-state index contributed by atoms with van der Waals surface area (Å²) in [6.07, 6.45) is 77.1. The lowest BCUT2D eigenvalue weighted by molar-refractivity contribution is 0.0509. The van der Waals surface area contributed by atoms with E-state index in [-0.39, 0.29) is 77.0 Å². The second-order valence-electron chi connectivity index (χ2n) is 37.7. The lowest BCUT2D eigenvalue weighted by Gasteiger charge is -2.29. The van der Waals surface area contributed by atoms with Gasteiger partial charge in [0, 0.05) is 145 Å². The van der Waals surface area contributed by atoms with Crippen LogP contribution in [0.3, 0.4) is 0 Å². The zero-order valence-electron chi connectivity index (χ0n) is 89.1. The van der Waals surface area contributed by atoms with E-state index in [1.165, 1.54) is 320 Å². The molecule has 0 fully saturated rings. The molecule has 0 aromatic carbocycles. The third-order valence-corrected chi connectivity index (χ3v) is 30.0. The first-order valence-corrected chi connectivity index (χ1v) is 61.7.